The second-order valence-corrected chi connectivity index (χ2v) is 9.54. The van der Waals surface area contributed by atoms with Crippen LogP contribution in [0.2, 0.25) is 5.02 Å². The summed E-state index contributed by atoms with van der Waals surface area (Å²) in [5, 5.41) is 8.19. The molecule has 42 heavy (non-hydrogen) atoms. The summed E-state index contributed by atoms with van der Waals surface area (Å²) < 4.78 is 19.9. The van der Waals surface area contributed by atoms with Crippen molar-refractivity contribution in [3.8, 4) is 22.3 Å². The fourth-order valence-corrected chi connectivity index (χ4v) is 4.59. The highest BCUT2D eigenvalue weighted by atomic mass is 35.5. The molecule has 1 atom stereocenters. The molecule has 0 saturated heterocycles. The fraction of sp³-hybridized carbons (Fsp3) is 0.344. The van der Waals surface area contributed by atoms with Crippen molar-refractivity contribution in [3.05, 3.63) is 76.4 Å². The number of carbonyl (C=O) groups excluding carboxylic acids is 1. The normalized spacial score (nSPS) is 10.9. The number of rotatable bonds is 5. The average Bonchev–Trinajstić information content (AvgIpc) is 3.58. The van der Waals surface area contributed by atoms with Crippen molar-refractivity contribution in [2.45, 2.75) is 75.3 Å². The van der Waals surface area contributed by atoms with Crippen LogP contribution in [0.5, 0.6) is 0 Å². The third-order valence-corrected chi connectivity index (χ3v) is 6.39. The molecule has 224 valence electrons. The fourth-order valence-electron chi connectivity index (χ4n) is 4.37. The number of nitrogens with one attached hydrogen (secondary N) is 2. The Morgan fingerprint density at radius 3 is 2.26 bits per heavy atom. The van der Waals surface area contributed by atoms with Crippen molar-refractivity contribution in [2.24, 2.45) is 0 Å². The van der Waals surface area contributed by atoms with Gasteiger partial charge in [-0.05, 0) is 87.6 Å². The molecule has 0 aliphatic heterocycles. The number of halogens is 2. The molecule has 10 heteroatoms. The van der Waals surface area contributed by atoms with Gasteiger partial charge in [-0.3, -0.25) is 0 Å². The van der Waals surface area contributed by atoms with Crippen molar-refractivity contribution >= 4 is 34.4 Å². The Bertz CT molecular complexity index is 1610. The maximum Gasteiger partial charge on any atom is 0.182 e. The Balaban J connectivity index is 0.000000699. The number of Topliss-reactive ketones (excluding diaryl/α,β-unsaturated/α-hetero) is 1. The Hall–Kier alpha value is -4.11. The number of imidazole rings is 1. The van der Waals surface area contributed by atoms with Crippen molar-refractivity contribution < 1.29 is 13.7 Å². The van der Waals surface area contributed by atoms with Gasteiger partial charge < -0.3 is 19.6 Å². The molecule has 0 amide bonds. The van der Waals surface area contributed by atoms with Gasteiger partial charge in [0.2, 0.25) is 0 Å². The molecular weight excluding hydrogens is 555 g/mol. The molecule has 8 nitrogen and oxygen atoms in total. The number of anilines is 1. The van der Waals surface area contributed by atoms with Gasteiger partial charge in [0.25, 0.3) is 0 Å². The summed E-state index contributed by atoms with van der Waals surface area (Å²) >= 11 is 6.76. The lowest BCUT2D eigenvalue weighted by Gasteiger charge is -2.24. The summed E-state index contributed by atoms with van der Waals surface area (Å²) in [4.78, 5) is 25.3. The van der Waals surface area contributed by atoms with Crippen LogP contribution in [0.3, 0.4) is 0 Å². The molecule has 2 aromatic carbocycles. The Kier molecular flexibility index (Phi) is 12.8. The molecule has 0 saturated carbocycles. The average molecular weight is 595 g/mol. The van der Waals surface area contributed by atoms with Gasteiger partial charge in [0.05, 0.1) is 18.1 Å². The van der Waals surface area contributed by atoms with Gasteiger partial charge in [0.1, 0.15) is 29.2 Å². The predicted octanol–water partition coefficient (Wildman–Crippen LogP) is 9.21. The number of hydrogen-bond acceptors (Lipinski definition) is 7. The van der Waals surface area contributed by atoms with Crippen LogP contribution in [0.1, 0.15) is 77.1 Å². The summed E-state index contributed by atoms with van der Waals surface area (Å²) in [6.45, 7) is 18.8. The predicted molar refractivity (Wildman–Crippen MR) is 169 cm³/mol. The van der Waals surface area contributed by atoms with Gasteiger partial charge in [-0.25, -0.2) is 19.3 Å². The van der Waals surface area contributed by atoms with Gasteiger partial charge in [-0.1, -0.05) is 56.6 Å². The zero-order valence-electron chi connectivity index (χ0n) is 26.0. The Morgan fingerprint density at radius 1 is 1.00 bits per heavy atom. The summed E-state index contributed by atoms with van der Waals surface area (Å²) in [6, 6.07) is 8.21. The van der Waals surface area contributed by atoms with E-state index in [9.17, 15) is 9.18 Å². The SMILES string of the molecule is CC.CC.CC(C)=O.Cc1noc(C)c1-c1c(C)c(Cl)cc(C(C)Nc2ncnc3nc[nH]c23)c1-c1cccc(F)c1. The lowest BCUT2D eigenvalue weighted by atomic mass is 9.84. The number of aromatic amines is 1. The highest BCUT2D eigenvalue weighted by Crippen LogP contribution is 2.45. The number of aromatic nitrogens is 5. The molecule has 0 spiro atoms. The standard InChI is InChI=1S/C25H22ClFN6O.C3H6O.2C2H6/c1-12-19(26)9-18(13(2)32-25-23-24(29-10-28-23)30-11-31-25)22(16-6-5-7-17(27)8-16)20(12)21-14(3)33-34-15(21)4;1-3(2)4;2*1-2/h5-11,13H,1-4H3,(H2,28,29,30,31,32);1-2H3;2*1-2H3. The van der Waals surface area contributed by atoms with Gasteiger partial charge in [-0.15, -0.1) is 0 Å². The molecule has 0 bridgehead atoms. The first-order valence-corrected chi connectivity index (χ1v) is 14.4. The smallest absolute Gasteiger partial charge is 0.182 e. The quantitative estimate of drug-likeness (QED) is 0.209. The summed E-state index contributed by atoms with van der Waals surface area (Å²) in [5.41, 5.74) is 7.05. The summed E-state index contributed by atoms with van der Waals surface area (Å²) in [6.07, 6.45) is 3.04. The number of hydrogen-bond donors (Lipinski definition) is 2. The molecule has 5 aromatic rings. The minimum atomic E-state index is -0.323. The number of benzene rings is 2. The van der Waals surface area contributed by atoms with E-state index in [1.165, 1.54) is 32.3 Å². The van der Waals surface area contributed by atoms with Crippen LogP contribution in [0.4, 0.5) is 10.2 Å². The number of nitrogens with zero attached hydrogens (tertiary/aromatic N) is 4. The number of aryl methyl sites for hydroxylation is 2. The van der Waals surface area contributed by atoms with Gasteiger partial charge in [-0.2, -0.15) is 0 Å². The van der Waals surface area contributed by atoms with Crippen molar-refractivity contribution in [1.29, 1.82) is 0 Å². The molecule has 0 aliphatic carbocycles. The van der Waals surface area contributed by atoms with Gasteiger partial charge in [0, 0.05) is 10.6 Å². The largest absolute Gasteiger partial charge is 0.362 e. The van der Waals surface area contributed by atoms with E-state index in [-0.39, 0.29) is 17.6 Å². The van der Waals surface area contributed by atoms with E-state index < -0.39 is 0 Å². The monoisotopic (exact) mass is 594 g/mol. The maximum atomic E-state index is 14.4. The Labute approximate surface area is 252 Å². The zero-order chi connectivity index (χ0) is 31.6. The number of fused-ring (bicyclic) bond motifs is 1. The highest BCUT2D eigenvalue weighted by Gasteiger charge is 2.26. The first-order chi connectivity index (χ1) is 20.1. The number of ketones is 1. The van der Waals surface area contributed by atoms with E-state index in [0.717, 1.165) is 39.1 Å². The van der Waals surface area contributed by atoms with E-state index in [1.807, 2.05) is 67.5 Å². The first-order valence-electron chi connectivity index (χ1n) is 14.0. The minimum Gasteiger partial charge on any atom is -0.362 e. The molecular formula is C32H40ClFN6O2. The second kappa shape index (κ2) is 15.8. The van der Waals surface area contributed by atoms with Crippen molar-refractivity contribution in [3.63, 3.8) is 0 Å². The maximum absolute atomic E-state index is 14.4. The third-order valence-electron chi connectivity index (χ3n) is 5.99. The summed E-state index contributed by atoms with van der Waals surface area (Å²) in [5.74, 6) is 1.12. The molecule has 3 heterocycles. The molecule has 5 rings (SSSR count). The van der Waals surface area contributed by atoms with Gasteiger partial charge >= 0.3 is 0 Å². The first kappa shape index (κ1) is 34.1. The van der Waals surface area contributed by atoms with Crippen LogP contribution in [0.15, 0.2) is 47.5 Å². The van der Waals surface area contributed by atoms with E-state index in [0.29, 0.717) is 27.8 Å². The number of H-pyrrole nitrogens is 1. The van der Waals surface area contributed by atoms with Crippen LogP contribution in [0, 0.1) is 26.6 Å². The number of carbonyl (C=O) groups is 1. The molecule has 0 fully saturated rings. The van der Waals surface area contributed by atoms with E-state index in [1.54, 1.807) is 12.4 Å². The van der Waals surface area contributed by atoms with E-state index in [4.69, 9.17) is 16.1 Å². The summed E-state index contributed by atoms with van der Waals surface area (Å²) in [7, 11) is 0. The third kappa shape index (κ3) is 7.79. The Morgan fingerprint density at radius 2 is 1.67 bits per heavy atom. The van der Waals surface area contributed by atoms with Crippen LogP contribution in [-0.2, 0) is 4.79 Å². The van der Waals surface area contributed by atoms with Crippen LogP contribution < -0.4 is 5.32 Å². The lowest BCUT2D eigenvalue weighted by molar-refractivity contribution is -0.115. The lowest BCUT2D eigenvalue weighted by Crippen LogP contribution is -2.11. The topological polar surface area (TPSA) is 110 Å². The molecule has 0 radical (unpaired) electrons. The molecule has 0 aliphatic rings. The van der Waals surface area contributed by atoms with Crippen molar-refractivity contribution in [1.82, 2.24) is 25.1 Å². The van der Waals surface area contributed by atoms with E-state index in [2.05, 4.69) is 30.4 Å². The van der Waals surface area contributed by atoms with Crippen LogP contribution in [-0.4, -0.2) is 30.9 Å². The van der Waals surface area contributed by atoms with Gasteiger partial charge in [0.15, 0.2) is 11.5 Å². The van der Waals surface area contributed by atoms with Crippen LogP contribution in [0.25, 0.3) is 33.4 Å². The minimum absolute atomic E-state index is 0.167. The zero-order valence-corrected chi connectivity index (χ0v) is 26.7. The highest BCUT2D eigenvalue weighted by molar-refractivity contribution is 6.32. The molecule has 1 unspecified atom stereocenters. The molecule has 3 aromatic heterocycles. The molecule has 2 N–H and O–H groups in total. The van der Waals surface area contributed by atoms with Crippen molar-refractivity contribution in [2.75, 3.05) is 5.32 Å². The second-order valence-electron chi connectivity index (χ2n) is 9.13. The van der Waals surface area contributed by atoms with E-state index >= 15 is 0 Å². The van der Waals surface area contributed by atoms with Crippen LogP contribution >= 0.6 is 11.6 Å².